The van der Waals surface area contributed by atoms with Crippen molar-refractivity contribution in [1.82, 2.24) is 15.6 Å². The van der Waals surface area contributed by atoms with E-state index in [0.29, 0.717) is 6.54 Å². The first-order chi connectivity index (χ1) is 9.20. The number of thiazole rings is 1. The maximum Gasteiger partial charge on any atom is 0.233 e. The third kappa shape index (κ3) is 3.75. The summed E-state index contributed by atoms with van der Waals surface area (Å²) in [7, 11) is 0. The van der Waals surface area contributed by atoms with Gasteiger partial charge < -0.3 is 5.32 Å². The average Bonchev–Trinajstić information content (AvgIpc) is 2.86. The van der Waals surface area contributed by atoms with Gasteiger partial charge in [-0.2, -0.15) is 0 Å². The zero-order valence-corrected chi connectivity index (χ0v) is 12.1. The molecular weight excluding hydrogens is 258 g/mol. The molecule has 0 saturated heterocycles. The molecule has 2 N–H and O–H groups in total. The number of hydrogen-bond donors (Lipinski definition) is 2. The molecule has 0 radical (unpaired) electrons. The van der Waals surface area contributed by atoms with Crippen molar-refractivity contribution in [2.24, 2.45) is 0 Å². The predicted molar refractivity (Wildman–Crippen MR) is 79.3 cm³/mol. The van der Waals surface area contributed by atoms with Gasteiger partial charge in [-0.25, -0.2) is 4.98 Å². The largest absolute Gasteiger partial charge is 0.355 e. The summed E-state index contributed by atoms with van der Waals surface area (Å²) in [5.74, 6) is 0.0369. The number of carbonyl (C=O) groups is 1. The summed E-state index contributed by atoms with van der Waals surface area (Å²) in [5, 5.41) is 7.07. The van der Waals surface area contributed by atoms with Crippen molar-refractivity contribution in [2.75, 3.05) is 13.1 Å². The number of aromatic nitrogens is 1. The quantitative estimate of drug-likeness (QED) is 0.853. The van der Waals surface area contributed by atoms with Crippen molar-refractivity contribution < 1.29 is 4.79 Å². The smallest absolute Gasteiger partial charge is 0.233 e. The van der Waals surface area contributed by atoms with Gasteiger partial charge in [0.1, 0.15) is 5.01 Å². The molecule has 0 aliphatic carbocycles. The van der Waals surface area contributed by atoms with E-state index in [9.17, 15) is 4.79 Å². The Kier molecular flexibility index (Phi) is 4.87. The molecule has 0 saturated carbocycles. The summed E-state index contributed by atoms with van der Waals surface area (Å²) < 4.78 is 1.18. The molecule has 4 nitrogen and oxygen atoms in total. The summed E-state index contributed by atoms with van der Waals surface area (Å²) in [6, 6.07) is 8.17. The number of benzene rings is 1. The molecule has 1 unspecified atom stereocenters. The van der Waals surface area contributed by atoms with Crippen molar-refractivity contribution in [3.05, 3.63) is 29.3 Å². The second-order valence-electron chi connectivity index (χ2n) is 4.47. The number of carbonyl (C=O) groups excluding carboxylic acids is 1. The summed E-state index contributed by atoms with van der Waals surface area (Å²) >= 11 is 1.67. The van der Waals surface area contributed by atoms with E-state index in [1.165, 1.54) is 4.70 Å². The lowest BCUT2D eigenvalue weighted by Crippen LogP contribution is -2.35. The lowest BCUT2D eigenvalue weighted by molar-refractivity contribution is -0.120. The first kappa shape index (κ1) is 14.0. The lowest BCUT2D eigenvalue weighted by atomic mass is 10.3. The van der Waals surface area contributed by atoms with Crippen LogP contribution in [0.5, 0.6) is 0 Å². The Balaban J connectivity index is 1.92. The Bertz CT molecular complexity index is 519. The lowest BCUT2D eigenvalue weighted by Gasteiger charge is -2.10. The molecular formula is C14H19N3OS. The number of nitrogens with one attached hydrogen (secondary N) is 2. The fourth-order valence-electron chi connectivity index (χ4n) is 1.74. The van der Waals surface area contributed by atoms with Gasteiger partial charge in [-0.3, -0.25) is 10.1 Å². The highest BCUT2D eigenvalue weighted by atomic mass is 32.1. The van der Waals surface area contributed by atoms with Crippen LogP contribution in [0, 0.1) is 0 Å². The molecule has 1 heterocycles. The van der Waals surface area contributed by atoms with Gasteiger partial charge in [0.2, 0.25) is 5.91 Å². The Labute approximate surface area is 117 Å². The summed E-state index contributed by atoms with van der Waals surface area (Å²) in [6.45, 7) is 5.13. The SMILES string of the molecule is CCCNC(=O)CNC(C)c1nc2ccccc2s1. The molecule has 102 valence electrons. The van der Waals surface area contributed by atoms with Crippen molar-refractivity contribution in [2.45, 2.75) is 26.3 Å². The van der Waals surface area contributed by atoms with Crippen LogP contribution in [0.15, 0.2) is 24.3 Å². The number of hydrogen-bond acceptors (Lipinski definition) is 4. The summed E-state index contributed by atoms with van der Waals surface area (Å²) in [4.78, 5) is 16.1. The first-order valence-electron chi connectivity index (χ1n) is 6.56. The highest BCUT2D eigenvalue weighted by Gasteiger charge is 2.12. The second-order valence-corrected chi connectivity index (χ2v) is 5.53. The van der Waals surface area contributed by atoms with Crippen molar-refractivity contribution in [3.8, 4) is 0 Å². The number of fused-ring (bicyclic) bond motifs is 1. The predicted octanol–water partition coefficient (Wildman–Crippen LogP) is 2.47. The van der Waals surface area contributed by atoms with Crippen molar-refractivity contribution >= 4 is 27.5 Å². The van der Waals surface area contributed by atoms with E-state index in [2.05, 4.69) is 21.7 Å². The second kappa shape index (κ2) is 6.63. The van der Waals surface area contributed by atoms with Crippen LogP contribution in [0.25, 0.3) is 10.2 Å². The van der Waals surface area contributed by atoms with Crippen LogP contribution in [0.3, 0.4) is 0 Å². The van der Waals surface area contributed by atoms with E-state index in [1.54, 1.807) is 11.3 Å². The summed E-state index contributed by atoms with van der Waals surface area (Å²) in [5.41, 5.74) is 1.02. The molecule has 5 heteroatoms. The van der Waals surface area contributed by atoms with Crippen molar-refractivity contribution in [1.29, 1.82) is 0 Å². The Morgan fingerprint density at radius 1 is 1.42 bits per heavy atom. The van der Waals surface area contributed by atoms with Crippen LogP contribution in [-0.2, 0) is 4.79 Å². The van der Waals surface area contributed by atoms with Gasteiger partial charge in [0.25, 0.3) is 0 Å². The molecule has 2 aromatic rings. The molecule has 0 spiro atoms. The van der Waals surface area contributed by atoms with Crippen LogP contribution < -0.4 is 10.6 Å². The molecule has 1 amide bonds. The standard InChI is InChI=1S/C14H19N3OS/c1-3-8-15-13(18)9-16-10(2)14-17-11-6-4-5-7-12(11)19-14/h4-7,10,16H,3,8-9H2,1-2H3,(H,15,18). The fourth-order valence-corrected chi connectivity index (χ4v) is 2.73. The zero-order valence-electron chi connectivity index (χ0n) is 11.3. The average molecular weight is 277 g/mol. The Morgan fingerprint density at radius 3 is 2.95 bits per heavy atom. The first-order valence-corrected chi connectivity index (χ1v) is 7.38. The van der Waals surface area contributed by atoms with E-state index in [1.807, 2.05) is 32.0 Å². The van der Waals surface area contributed by atoms with E-state index >= 15 is 0 Å². The maximum atomic E-state index is 11.5. The number of nitrogens with zero attached hydrogens (tertiary/aromatic N) is 1. The molecule has 0 bridgehead atoms. The van der Waals surface area contributed by atoms with Crippen LogP contribution in [0.4, 0.5) is 0 Å². The van der Waals surface area contributed by atoms with Crippen LogP contribution in [0.1, 0.15) is 31.3 Å². The van der Waals surface area contributed by atoms with Gasteiger partial charge in [0.05, 0.1) is 22.8 Å². The van der Waals surface area contributed by atoms with Gasteiger partial charge in [0, 0.05) is 6.54 Å². The summed E-state index contributed by atoms with van der Waals surface area (Å²) in [6.07, 6.45) is 0.958. The molecule has 1 aromatic heterocycles. The van der Waals surface area contributed by atoms with Crippen molar-refractivity contribution in [3.63, 3.8) is 0 Å². The highest BCUT2D eigenvalue weighted by molar-refractivity contribution is 7.18. The molecule has 0 aliphatic rings. The van der Waals surface area contributed by atoms with Crippen LogP contribution in [0.2, 0.25) is 0 Å². The van der Waals surface area contributed by atoms with Gasteiger partial charge in [-0.05, 0) is 25.5 Å². The molecule has 0 fully saturated rings. The normalized spacial score (nSPS) is 12.5. The number of para-hydroxylation sites is 1. The van der Waals surface area contributed by atoms with Gasteiger partial charge >= 0.3 is 0 Å². The minimum absolute atomic E-state index is 0.0369. The molecule has 2 rings (SSSR count). The third-order valence-electron chi connectivity index (χ3n) is 2.82. The van der Waals surface area contributed by atoms with Gasteiger partial charge in [-0.15, -0.1) is 11.3 Å². The Morgan fingerprint density at radius 2 is 2.21 bits per heavy atom. The third-order valence-corrected chi connectivity index (χ3v) is 4.04. The van der Waals surface area contributed by atoms with E-state index in [0.717, 1.165) is 23.5 Å². The molecule has 1 atom stereocenters. The van der Waals surface area contributed by atoms with Gasteiger partial charge in [-0.1, -0.05) is 19.1 Å². The van der Waals surface area contributed by atoms with E-state index in [-0.39, 0.29) is 11.9 Å². The monoisotopic (exact) mass is 277 g/mol. The number of amides is 1. The molecule has 1 aromatic carbocycles. The van der Waals surface area contributed by atoms with Crippen LogP contribution in [-0.4, -0.2) is 24.0 Å². The van der Waals surface area contributed by atoms with Gasteiger partial charge in [0.15, 0.2) is 0 Å². The van der Waals surface area contributed by atoms with E-state index < -0.39 is 0 Å². The van der Waals surface area contributed by atoms with E-state index in [4.69, 9.17) is 0 Å². The topological polar surface area (TPSA) is 54.0 Å². The maximum absolute atomic E-state index is 11.5. The van der Waals surface area contributed by atoms with Crippen LogP contribution >= 0.6 is 11.3 Å². The zero-order chi connectivity index (χ0) is 13.7. The fraction of sp³-hybridized carbons (Fsp3) is 0.429. The minimum Gasteiger partial charge on any atom is -0.355 e. The number of rotatable bonds is 6. The Hall–Kier alpha value is -1.46. The highest BCUT2D eigenvalue weighted by Crippen LogP contribution is 2.25. The minimum atomic E-state index is 0.0369. The molecule has 19 heavy (non-hydrogen) atoms. The molecule has 0 aliphatic heterocycles.